The smallest absolute Gasteiger partial charge is 0.335 e. The van der Waals surface area contributed by atoms with Crippen LogP contribution in [0.3, 0.4) is 0 Å². The highest BCUT2D eigenvalue weighted by Crippen LogP contribution is 2.11. The average Bonchev–Trinajstić information content (AvgIpc) is 2.46. The maximum atomic E-state index is 11.8. The fourth-order valence-corrected chi connectivity index (χ4v) is 1.99. The van der Waals surface area contributed by atoms with E-state index in [9.17, 15) is 4.79 Å². The zero-order chi connectivity index (χ0) is 14.8. The fourth-order valence-electron chi connectivity index (χ4n) is 1.99. The Balaban J connectivity index is 2.61. The molecule has 0 fully saturated rings. The minimum absolute atomic E-state index is 0.205. The van der Waals surface area contributed by atoms with Gasteiger partial charge in [0.25, 0.3) is 0 Å². The number of rotatable bonds is 9. The molecule has 1 aromatic carbocycles. The Hall–Kier alpha value is -1.39. The van der Waals surface area contributed by atoms with Gasteiger partial charge in [-0.05, 0) is 37.8 Å². The van der Waals surface area contributed by atoms with Gasteiger partial charge in [0.05, 0.1) is 6.61 Å². The maximum absolute atomic E-state index is 11.8. The molecular weight excluding hydrogens is 256 g/mol. The van der Waals surface area contributed by atoms with Crippen LogP contribution >= 0.6 is 0 Å². The number of hydrogen-bond donors (Lipinski definition) is 1. The molecule has 0 amide bonds. The summed E-state index contributed by atoms with van der Waals surface area (Å²) in [7, 11) is 0. The largest absolute Gasteiger partial charge is 0.464 e. The van der Waals surface area contributed by atoms with E-state index in [-0.39, 0.29) is 12.6 Å². The first kappa shape index (κ1) is 16.7. The van der Waals surface area contributed by atoms with Gasteiger partial charge >= 0.3 is 5.97 Å². The Kier molecular flexibility index (Phi) is 7.92. The van der Waals surface area contributed by atoms with Crippen LogP contribution < -0.4 is 0 Å². The number of carbonyl (C=O) groups is 1. The van der Waals surface area contributed by atoms with E-state index < -0.39 is 6.10 Å². The number of ether oxygens (including phenoxy) is 2. The predicted octanol–water partition coefficient (Wildman–Crippen LogP) is 2.12. The topological polar surface area (TPSA) is 55.8 Å². The van der Waals surface area contributed by atoms with Crippen LogP contribution in [0.4, 0.5) is 0 Å². The zero-order valence-electron chi connectivity index (χ0n) is 12.3. The summed E-state index contributed by atoms with van der Waals surface area (Å²) >= 11 is 0. The first-order chi connectivity index (χ1) is 9.71. The molecule has 0 aliphatic heterocycles. The summed E-state index contributed by atoms with van der Waals surface area (Å²) in [5.41, 5.74) is 2.23. The molecule has 1 aromatic rings. The van der Waals surface area contributed by atoms with E-state index in [0.29, 0.717) is 19.6 Å². The first-order valence-corrected chi connectivity index (χ1v) is 7.18. The summed E-state index contributed by atoms with van der Waals surface area (Å²) < 4.78 is 10.5. The molecule has 0 saturated carbocycles. The van der Waals surface area contributed by atoms with Gasteiger partial charge in [-0.15, -0.1) is 0 Å². The van der Waals surface area contributed by atoms with E-state index in [1.165, 1.54) is 5.56 Å². The third kappa shape index (κ3) is 5.72. The molecule has 4 heteroatoms. The monoisotopic (exact) mass is 280 g/mol. The van der Waals surface area contributed by atoms with Crippen molar-refractivity contribution in [2.24, 2.45) is 0 Å². The highest BCUT2D eigenvalue weighted by Gasteiger charge is 2.20. The van der Waals surface area contributed by atoms with Crippen molar-refractivity contribution in [1.82, 2.24) is 0 Å². The summed E-state index contributed by atoms with van der Waals surface area (Å²) in [5, 5.41) is 8.80. The number of aryl methyl sites for hydroxylation is 1. The second kappa shape index (κ2) is 9.50. The summed E-state index contributed by atoms with van der Waals surface area (Å²) in [4.78, 5) is 11.8. The molecule has 112 valence electrons. The van der Waals surface area contributed by atoms with Gasteiger partial charge in [0.1, 0.15) is 0 Å². The molecule has 20 heavy (non-hydrogen) atoms. The van der Waals surface area contributed by atoms with Crippen molar-refractivity contribution in [3.05, 3.63) is 35.4 Å². The zero-order valence-corrected chi connectivity index (χ0v) is 12.3. The molecule has 1 rings (SSSR count). The quantitative estimate of drug-likeness (QED) is 0.704. The van der Waals surface area contributed by atoms with Crippen molar-refractivity contribution < 1.29 is 19.4 Å². The van der Waals surface area contributed by atoms with Crippen molar-refractivity contribution >= 4 is 5.97 Å². The number of benzene rings is 1. The lowest BCUT2D eigenvalue weighted by atomic mass is 10.0. The van der Waals surface area contributed by atoms with E-state index in [0.717, 1.165) is 18.4 Å². The van der Waals surface area contributed by atoms with Crippen LogP contribution in [0.15, 0.2) is 24.3 Å². The molecule has 1 atom stereocenters. The van der Waals surface area contributed by atoms with Crippen LogP contribution in [-0.4, -0.2) is 37.0 Å². The third-order valence-electron chi connectivity index (χ3n) is 2.98. The van der Waals surface area contributed by atoms with E-state index in [2.05, 4.69) is 0 Å². The van der Waals surface area contributed by atoms with Crippen molar-refractivity contribution in [1.29, 1.82) is 0 Å². The molecule has 0 spiro atoms. The summed E-state index contributed by atoms with van der Waals surface area (Å²) in [6.07, 6.45) is 1.61. The summed E-state index contributed by atoms with van der Waals surface area (Å²) in [6.45, 7) is 4.71. The Morgan fingerprint density at radius 1 is 1.15 bits per heavy atom. The molecule has 0 aliphatic rings. The van der Waals surface area contributed by atoms with Crippen LogP contribution in [-0.2, 0) is 27.1 Å². The van der Waals surface area contributed by atoms with Gasteiger partial charge in [0.2, 0.25) is 0 Å². The number of aliphatic hydroxyl groups is 1. The van der Waals surface area contributed by atoms with Gasteiger partial charge < -0.3 is 14.6 Å². The number of aliphatic hydroxyl groups excluding tert-OH is 1. The molecule has 0 bridgehead atoms. The van der Waals surface area contributed by atoms with Crippen LogP contribution in [0.25, 0.3) is 0 Å². The minimum Gasteiger partial charge on any atom is -0.464 e. The Bertz CT molecular complexity index is 386. The molecule has 0 radical (unpaired) electrons. The highest BCUT2D eigenvalue weighted by atomic mass is 16.6. The highest BCUT2D eigenvalue weighted by molar-refractivity contribution is 5.75. The molecule has 0 aromatic heterocycles. The number of hydrogen-bond acceptors (Lipinski definition) is 4. The Labute approximate surface area is 120 Å². The molecular formula is C16H24O4. The van der Waals surface area contributed by atoms with Crippen LogP contribution in [0, 0.1) is 0 Å². The molecule has 1 N–H and O–H groups in total. The SMILES string of the molecule is CCOC(=O)[C@H](Cc1ccc(CCCO)cc1)OCC. The van der Waals surface area contributed by atoms with E-state index in [1.54, 1.807) is 6.92 Å². The molecule has 0 saturated heterocycles. The second-order valence-electron chi connectivity index (χ2n) is 4.54. The van der Waals surface area contributed by atoms with E-state index in [1.807, 2.05) is 31.2 Å². The summed E-state index contributed by atoms with van der Waals surface area (Å²) in [5.74, 6) is -0.307. The molecule has 4 nitrogen and oxygen atoms in total. The Morgan fingerprint density at radius 3 is 2.35 bits per heavy atom. The second-order valence-corrected chi connectivity index (χ2v) is 4.54. The molecule has 0 unspecified atom stereocenters. The van der Waals surface area contributed by atoms with Crippen molar-refractivity contribution in [3.63, 3.8) is 0 Å². The minimum atomic E-state index is -0.539. The van der Waals surface area contributed by atoms with Gasteiger partial charge in [-0.3, -0.25) is 0 Å². The van der Waals surface area contributed by atoms with Crippen LogP contribution in [0.1, 0.15) is 31.4 Å². The van der Waals surface area contributed by atoms with Gasteiger partial charge in [0.15, 0.2) is 6.10 Å². The van der Waals surface area contributed by atoms with Crippen LogP contribution in [0.2, 0.25) is 0 Å². The first-order valence-electron chi connectivity index (χ1n) is 7.18. The lowest BCUT2D eigenvalue weighted by Gasteiger charge is -2.15. The van der Waals surface area contributed by atoms with Gasteiger partial charge in [-0.2, -0.15) is 0 Å². The Morgan fingerprint density at radius 2 is 1.80 bits per heavy atom. The van der Waals surface area contributed by atoms with E-state index in [4.69, 9.17) is 14.6 Å². The maximum Gasteiger partial charge on any atom is 0.335 e. The standard InChI is InChI=1S/C16H24O4/c1-3-19-15(16(18)20-4-2)12-14-9-7-13(8-10-14)6-5-11-17/h7-10,15,17H,3-6,11-12H2,1-2H3/t15-/m0/s1. The van der Waals surface area contributed by atoms with Crippen molar-refractivity contribution in [2.75, 3.05) is 19.8 Å². The van der Waals surface area contributed by atoms with Gasteiger partial charge in [0, 0.05) is 19.6 Å². The van der Waals surface area contributed by atoms with Gasteiger partial charge in [-0.25, -0.2) is 4.79 Å². The van der Waals surface area contributed by atoms with Crippen molar-refractivity contribution in [2.45, 2.75) is 39.2 Å². The summed E-state index contributed by atoms with van der Waals surface area (Å²) in [6, 6.07) is 8.05. The van der Waals surface area contributed by atoms with Crippen molar-refractivity contribution in [3.8, 4) is 0 Å². The fraction of sp³-hybridized carbons (Fsp3) is 0.562. The normalized spacial score (nSPS) is 12.2. The van der Waals surface area contributed by atoms with Crippen LogP contribution in [0.5, 0.6) is 0 Å². The van der Waals surface area contributed by atoms with Gasteiger partial charge in [-0.1, -0.05) is 24.3 Å². The number of esters is 1. The predicted molar refractivity (Wildman–Crippen MR) is 77.6 cm³/mol. The third-order valence-corrected chi connectivity index (χ3v) is 2.98. The molecule has 0 aliphatic carbocycles. The molecule has 0 heterocycles. The lowest BCUT2D eigenvalue weighted by molar-refractivity contribution is -0.156. The number of carbonyl (C=O) groups excluding carboxylic acids is 1. The average molecular weight is 280 g/mol. The lowest BCUT2D eigenvalue weighted by Crippen LogP contribution is -2.28. The van der Waals surface area contributed by atoms with E-state index >= 15 is 0 Å².